The van der Waals surface area contributed by atoms with Gasteiger partial charge in [0.1, 0.15) is 0 Å². The van der Waals surface area contributed by atoms with E-state index in [0.717, 1.165) is 24.0 Å². The number of nitrogens with zero attached hydrogens (tertiary/aromatic N) is 1. The highest BCUT2D eigenvalue weighted by atomic mass is 79.9. The Kier molecular flexibility index (Phi) is 6.17. The second-order valence-electron chi connectivity index (χ2n) is 4.29. The van der Waals surface area contributed by atoms with E-state index in [1.807, 2.05) is 0 Å². The van der Waals surface area contributed by atoms with Gasteiger partial charge in [0.2, 0.25) is 0 Å². The van der Waals surface area contributed by atoms with Crippen molar-refractivity contribution < 1.29 is 0 Å². The zero-order valence-electron chi connectivity index (χ0n) is 11.0. The summed E-state index contributed by atoms with van der Waals surface area (Å²) >= 11 is 3.54. The third-order valence-electron chi connectivity index (χ3n) is 3.27. The van der Waals surface area contributed by atoms with Crippen LogP contribution in [0.2, 0.25) is 0 Å². The monoisotopic (exact) mass is 298 g/mol. The molecule has 0 aliphatic rings. The van der Waals surface area contributed by atoms with Crippen molar-refractivity contribution in [2.75, 3.05) is 13.1 Å². The molecule has 0 spiro atoms. The van der Waals surface area contributed by atoms with Crippen molar-refractivity contribution in [2.45, 2.75) is 39.3 Å². The molecule has 2 N–H and O–H groups in total. The van der Waals surface area contributed by atoms with Crippen molar-refractivity contribution in [3.05, 3.63) is 34.3 Å². The summed E-state index contributed by atoms with van der Waals surface area (Å²) in [5.74, 6) is 0. The lowest BCUT2D eigenvalue weighted by Gasteiger charge is -2.34. The molecule has 0 saturated carbocycles. The van der Waals surface area contributed by atoms with Crippen molar-refractivity contribution in [1.82, 2.24) is 4.90 Å². The van der Waals surface area contributed by atoms with Gasteiger partial charge in [0.15, 0.2) is 0 Å². The second kappa shape index (κ2) is 7.14. The van der Waals surface area contributed by atoms with Gasteiger partial charge in [-0.05, 0) is 37.2 Å². The average Bonchev–Trinajstić information content (AvgIpc) is 2.34. The Labute approximate surface area is 113 Å². The Morgan fingerprint density at radius 1 is 1.24 bits per heavy atom. The molecule has 0 amide bonds. The van der Waals surface area contributed by atoms with Gasteiger partial charge >= 0.3 is 0 Å². The van der Waals surface area contributed by atoms with Crippen molar-refractivity contribution in [2.24, 2.45) is 5.73 Å². The maximum atomic E-state index is 6.29. The van der Waals surface area contributed by atoms with Crippen LogP contribution in [0.5, 0.6) is 0 Å². The molecule has 1 aromatic carbocycles. The lowest BCUT2D eigenvalue weighted by Crippen LogP contribution is -2.40. The van der Waals surface area contributed by atoms with Crippen LogP contribution in [0, 0.1) is 0 Å². The Morgan fingerprint density at radius 2 is 1.88 bits per heavy atom. The minimum absolute atomic E-state index is 0.184. The molecule has 0 fully saturated rings. The molecule has 1 rings (SSSR count). The SMILES string of the molecule is CCC(N)C(c1cccc(Br)c1)N(CC)CC. The first kappa shape index (κ1) is 14.7. The molecule has 0 bridgehead atoms. The molecule has 0 radical (unpaired) electrons. The summed E-state index contributed by atoms with van der Waals surface area (Å²) in [6.07, 6.45) is 0.994. The first-order chi connectivity index (χ1) is 8.13. The van der Waals surface area contributed by atoms with Crippen LogP contribution < -0.4 is 5.73 Å². The third-order valence-corrected chi connectivity index (χ3v) is 3.77. The van der Waals surface area contributed by atoms with Gasteiger partial charge in [-0.1, -0.05) is 48.8 Å². The molecule has 2 nitrogen and oxygen atoms in total. The lowest BCUT2D eigenvalue weighted by molar-refractivity contribution is 0.187. The van der Waals surface area contributed by atoms with Crippen LogP contribution in [0.3, 0.4) is 0 Å². The highest BCUT2D eigenvalue weighted by molar-refractivity contribution is 9.10. The Balaban J connectivity index is 3.05. The molecule has 2 atom stereocenters. The van der Waals surface area contributed by atoms with Gasteiger partial charge in [0.25, 0.3) is 0 Å². The summed E-state index contributed by atoms with van der Waals surface area (Å²) in [7, 11) is 0. The summed E-state index contributed by atoms with van der Waals surface area (Å²) in [4.78, 5) is 2.43. The molecule has 0 saturated heterocycles. The van der Waals surface area contributed by atoms with E-state index >= 15 is 0 Å². The number of benzene rings is 1. The normalized spacial score (nSPS) is 14.9. The molecular formula is C14H23BrN2. The fraction of sp³-hybridized carbons (Fsp3) is 0.571. The molecule has 1 aromatic rings. The zero-order chi connectivity index (χ0) is 12.8. The van der Waals surface area contributed by atoms with E-state index in [2.05, 4.69) is 65.9 Å². The fourth-order valence-electron chi connectivity index (χ4n) is 2.26. The number of nitrogens with two attached hydrogens (primary N) is 1. The van der Waals surface area contributed by atoms with E-state index in [1.165, 1.54) is 5.56 Å². The van der Waals surface area contributed by atoms with Gasteiger partial charge in [0, 0.05) is 16.6 Å². The highest BCUT2D eigenvalue weighted by Crippen LogP contribution is 2.26. The molecule has 17 heavy (non-hydrogen) atoms. The van der Waals surface area contributed by atoms with Crippen LogP contribution in [0.1, 0.15) is 38.8 Å². The predicted molar refractivity (Wildman–Crippen MR) is 78.1 cm³/mol. The van der Waals surface area contributed by atoms with E-state index in [9.17, 15) is 0 Å². The van der Waals surface area contributed by atoms with Gasteiger partial charge in [-0.3, -0.25) is 4.90 Å². The molecule has 3 heteroatoms. The predicted octanol–water partition coefficient (Wildman–Crippen LogP) is 3.57. The molecular weight excluding hydrogens is 276 g/mol. The smallest absolute Gasteiger partial charge is 0.0499 e. The van der Waals surface area contributed by atoms with Crippen LogP contribution in [0.4, 0.5) is 0 Å². The standard InChI is InChI=1S/C14H23BrN2/c1-4-13(16)14(17(5-2)6-3)11-8-7-9-12(15)10-11/h7-10,13-14H,4-6,16H2,1-3H3. The number of hydrogen-bond donors (Lipinski definition) is 1. The highest BCUT2D eigenvalue weighted by Gasteiger charge is 2.23. The van der Waals surface area contributed by atoms with Gasteiger partial charge in [-0.2, -0.15) is 0 Å². The molecule has 96 valence electrons. The number of hydrogen-bond acceptors (Lipinski definition) is 2. The summed E-state index contributed by atoms with van der Waals surface area (Å²) < 4.78 is 1.12. The molecule has 0 aliphatic heterocycles. The van der Waals surface area contributed by atoms with Crippen molar-refractivity contribution in [1.29, 1.82) is 0 Å². The minimum Gasteiger partial charge on any atom is -0.326 e. The Bertz CT molecular complexity index is 337. The first-order valence-electron chi connectivity index (χ1n) is 6.39. The van der Waals surface area contributed by atoms with E-state index in [4.69, 9.17) is 5.73 Å². The number of halogens is 1. The van der Waals surface area contributed by atoms with E-state index in [1.54, 1.807) is 0 Å². The van der Waals surface area contributed by atoms with E-state index in [-0.39, 0.29) is 6.04 Å². The topological polar surface area (TPSA) is 29.3 Å². The maximum absolute atomic E-state index is 6.29. The van der Waals surface area contributed by atoms with Gasteiger partial charge < -0.3 is 5.73 Å². The van der Waals surface area contributed by atoms with E-state index < -0.39 is 0 Å². The summed E-state index contributed by atoms with van der Waals surface area (Å²) in [6, 6.07) is 8.98. The quantitative estimate of drug-likeness (QED) is 0.870. The summed E-state index contributed by atoms with van der Waals surface area (Å²) in [5, 5.41) is 0. The van der Waals surface area contributed by atoms with Crippen LogP contribution in [0.15, 0.2) is 28.7 Å². The fourth-order valence-corrected chi connectivity index (χ4v) is 2.68. The molecule has 0 aliphatic carbocycles. The number of rotatable bonds is 6. The third kappa shape index (κ3) is 3.80. The van der Waals surface area contributed by atoms with Crippen LogP contribution in [-0.4, -0.2) is 24.0 Å². The van der Waals surface area contributed by atoms with Gasteiger partial charge in [-0.15, -0.1) is 0 Å². The maximum Gasteiger partial charge on any atom is 0.0499 e. The minimum atomic E-state index is 0.184. The largest absolute Gasteiger partial charge is 0.326 e. The lowest BCUT2D eigenvalue weighted by atomic mass is 9.96. The van der Waals surface area contributed by atoms with Crippen LogP contribution >= 0.6 is 15.9 Å². The second-order valence-corrected chi connectivity index (χ2v) is 5.21. The molecule has 0 aromatic heterocycles. The van der Waals surface area contributed by atoms with Crippen LogP contribution in [0.25, 0.3) is 0 Å². The summed E-state index contributed by atoms with van der Waals surface area (Å²) in [6.45, 7) is 8.59. The Hall–Kier alpha value is -0.380. The van der Waals surface area contributed by atoms with Crippen molar-refractivity contribution >= 4 is 15.9 Å². The molecule has 2 unspecified atom stereocenters. The van der Waals surface area contributed by atoms with Crippen molar-refractivity contribution in [3.8, 4) is 0 Å². The van der Waals surface area contributed by atoms with E-state index in [0.29, 0.717) is 6.04 Å². The van der Waals surface area contributed by atoms with Crippen molar-refractivity contribution in [3.63, 3.8) is 0 Å². The average molecular weight is 299 g/mol. The summed E-state index contributed by atoms with van der Waals surface area (Å²) in [5.41, 5.74) is 7.60. The first-order valence-corrected chi connectivity index (χ1v) is 7.18. The van der Waals surface area contributed by atoms with Gasteiger partial charge in [-0.25, -0.2) is 0 Å². The Morgan fingerprint density at radius 3 is 2.35 bits per heavy atom. The van der Waals surface area contributed by atoms with Gasteiger partial charge in [0.05, 0.1) is 0 Å². The van der Waals surface area contributed by atoms with Crippen LogP contribution in [-0.2, 0) is 0 Å². The molecule has 0 heterocycles. The number of likely N-dealkylation sites (N-methyl/N-ethyl adjacent to an activating group) is 1. The zero-order valence-corrected chi connectivity index (χ0v) is 12.6.